The second-order valence-electron chi connectivity index (χ2n) is 5.02. The number of aromatic nitrogens is 1. The van der Waals surface area contributed by atoms with E-state index in [0.29, 0.717) is 4.47 Å². The molecule has 0 bridgehead atoms. The first kappa shape index (κ1) is 19.4. The Hall–Kier alpha value is -1.95. The van der Waals surface area contributed by atoms with Gasteiger partial charge in [0, 0.05) is 29.3 Å². The molecule has 12 heteroatoms. The van der Waals surface area contributed by atoms with E-state index in [1.54, 1.807) is 13.2 Å². The van der Waals surface area contributed by atoms with Gasteiger partial charge in [0.2, 0.25) is 0 Å². The van der Waals surface area contributed by atoms with Gasteiger partial charge in [-0.15, -0.1) is 4.83 Å². The van der Waals surface area contributed by atoms with E-state index in [0.717, 1.165) is 12.1 Å². The monoisotopic (exact) mass is 450 g/mol. The SMILES string of the molecule is Cc1c(Cl)cc(S(=O)(=O)NNC(=O)c2cc(Br)cn2C)cc1[N+](=O)[O-]. The predicted octanol–water partition coefficient (Wildman–Crippen LogP) is 2.28. The summed E-state index contributed by atoms with van der Waals surface area (Å²) in [6, 6.07) is 3.43. The number of nitrogens with one attached hydrogen (secondary N) is 2. The number of aryl methyl sites for hydroxylation is 1. The van der Waals surface area contributed by atoms with Gasteiger partial charge in [-0.1, -0.05) is 11.6 Å². The van der Waals surface area contributed by atoms with Gasteiger partial charge in [0.25, 0.3) is 21.6 Å². The first-order valence-corrected chi connectivity index (χ1v) is 9.27. The lowest BCUT2D eigenvalue weighted by Gasteiger charge is -2.10. The summed E-state index contributed by atoms with van der Waals surface area (Å²) in [7, 11) is -2.65. The zero-order valence-corrected chi connectivity index (χ0v) is 16.1. The van der Waals surface area contributed by atoms with Crippen LogP contribution in [0.4, 0.5) is 5.69 Å². The minimum Gasteiger partial charge on any atom is -0.345 e. The Morgan fingerprint density at radius 1 is 1.36 bits per heavy atom. The van der Waals surface area contributed by atoms with Gasteiger partial charge in [-0.3, -0.25) is 20.3 Å². The number of hydrogen-bond donors (Lipinski definition) is 2. The molecule has 134 valence electrons. The van der Waals surface area contributed by atoms with Gasteiger partial charge in [-0.25, -0.2) is 8.42 Å². The number of sulfonamides is 1. The summed E-state index contributed by atoms with van der Waals surface area (Å²) in [5.41, 5.74) is 1.94. The number of hydrogen-bond acceptors (Lipinski definition) is 5. The van der Waals surface area contributed by atoms with Crippen LogP contribution in [0.1, 0.15) is 16.1 Å². The highest BCUT2D eigenvalue weighted by atomic mass is 79.9. The summed E-state index contributed by atoms with van der Waals surface area (Å²) in [6.07, 6.45) is 1.62. The largest absolute Gasteiger partial charge is 0.345 e. The van der Waals surface area contributed by atoms with Gasteiger partial charge < -0.3 is 4.57 Å². The van der Waals surface area contributed by atoms with E-state index in [2.05, 4.69) is 15.9 Å². The third-order valence-corrected chi connectivity index (χ3v) is 5.35. The number of carbonyl (C=O) groups is 1. The van der Waals surface area contributed by atoms with E-state index in [4.69, 9.17) is 11.6 Å². The van der Waals surface area contributed by atoms with E-state index < -0.39 is 31.4 Å². The number of benzene rings is 1. The molecule has 9 nitrogen and oxygen atoms in total. The highest BCUT2D eigenvalue weighted by molar-refractivity contribution is 9.10. The number of carbonyl (C=O) groups excluding carboxylic acids is 1. The first-order valence-electron chi connectivity index (χ1n) is 6.61. The maximum Gasteiger partial charge on any atom is 0.282 e. The summed E-state index contributed by atoms with van der Waals surface area (Å²) in [5.74, 6) is -0.704. The number of nitro groups is 1. The molecule has 0 saturated heterocycles. The standard InChI is InChI=1S/C13H12BrClN4O5S/c1-7-10(15)4-9(5-11(7)19(21)22)25(23,24)17-16-13(20)12-3-8(14)6-18(12)2/h3-6,17H,1-2H3,(H,16,20). The molecule has 0 radical (unpaired) electrons. The van der Waals surface area contributed by atoms with Crippen LogP contribution in [0.3, 0.4) is 0 Å². The molecule has 0 aliphatic carbocycles. The zero-order chi connectivity index (χ0) is 18.9. The van der Waals surface area contributed by atoms with Crippen molar-refractivity contribution >= 4 is 49.1 Å². The molecule has 1 amide bonds. The highest BCUT2D eigenvalue weighted by Crippen LogP contribution is 2.29. The molecule has 0 atom stereocenters. The summed E-state index contributed by atoms with van der Waals surface area (Å²) in [4.78, 5) is 23.7. The van der Waals surface area contributed by atoms with Crippen LogP contribution in [0.25, 0.3) is 0 Å². The highest BCUT2D eigenvalue weighted by Gasteiger charge is 2.23. The van der Waals surface area contributed by atoms with E-state index in [-0.39, 0.29) is 16.3 Å². The second kappa shape index (κ2) is 7.12. The quantitative estimate of drug-likeness (QED) is 0.533. The third-order valence-electron chi connectivity index (χ3n) is 3.30. The molecule has 1 aromatic heterocycles. The lowest BCUT2D eigenvalue weighted by atomic mass is 10.2. The van der Waals surface area contributed by atoms with Crippen molar-refractivity contribution in [2.45, 2.75) is 11.8 Å². The Balaban J connectivity index is 2.26. The van der Waals surface area contributed by atoms with Crippen LogP contribution >= 0.6 is 27.5 Å². The van der Waals surface area contributed by atoms with E-state index >= 15 is 0 Å². The number of amides is 1. The molecule has 25 heavy (non-hydrogen) atoms. The van der Waals surface area contributed by atoms with Crippen LogP contribution in [-0.2, 0) is 17.1 Å². The number of nitrogens with zero attached hydrogens (tertiary/aromatic N) is 2. The van der Waals surface area contributed by atoms with E-state index in [1.165, 1.54) is 17.6 Å². The Morgan fingerprint density at radius 3 is 2.52 bits per heavy atom. The molecule has 0 unspecified atom stereocenters. The van der Waals surface area contributed by atoms with Crippen LogP contribution < -0.4 is 10.3 Å². The van der Waals surface area contributed by atoms with Gasteiger partial charge >= 0.3 is 0 Å². The zero-order valence-electron chi connectivity index (χ0n) is 12.9. The Morgan fingerprint density at radius 2 is 2.00 bits per heavy atom. The molecule has 1 heterocycles. The van der Waals surface area contributed by atoms with Crippen molar-refractivity contribution in [3.63, 3.8) is 0 Å². The van der Waals surface area contributed by atoms with E-state index in [1.807, 2.05) is 10.3 Å². The van der Waals surface area contributed by atoms with Crippen molar-refractivity contribution in [3.8, 4) is 0 Å². The minimum absolute atomic E-state index is 0.0766. The molecule has 2 rings (SSSR count). The van der Waals surface area contributed by atoms with Gasteiger partial charge in [0.1, 0.15) is 5.69 Å². The van der Waals surface area contributed by atoms with Crippen LogP contribution in [0, 0.1) is 17.0 Å². The van der Waals surface area contributed by atoms with Crippen molar-refractivity contribution in [1.82, 2.24) is 14.8 Å². The third kappa shape index (κ3) is 4.18. The molecule has 0 aliphatic heterocycles. The van der Waals surface area contributed by atoms with Crippen molar-refractivity contribution in [3.05, 3.63) is 55.3 Å². The van der Waals surface area contributed by atoms with Crippen molar-refractivity contribution < 1.29 is 18.1 Å². The van der Waals surface area contributed by atoms with Gasteiger partial charge in [0.05, 0.1) is 14.8 Å². The number of rotatable bonds is 5. The molecule has 0 fully saturated rings. The summed E-state index contributed by atoms with van der Waals surface area (Å²) in [6.45, 7) is 1.40. The van der Waals surface area contributed by atoms with Crippen LogP contribution in [0.15, 0.2) is 33.8 Å². The van der Waals surface area contributed by atoms with Crippen LogP contribution in [-0.4, -0.2) is 23.8 Å². The maximum atomic E-state index is 12.3. The molecular weight excluding hydrogens is 440 g/mol. The first-order chi connectivity index (χ1) is 11.5. The second-order valence-corrected chi connectivity index (χ2v) is 8.03. The fourth-order valence-electron chi connectivity index (χ4n) is 1.97. The lowest BCUT2D eigenvalue weighted by molar-refractivity contribution is -0.385. The van der Waals surface area contributed by atoms with Gasteiger partial charge in [-0.05, 0) is 35.0 Å². The van der Waals surface area contributed by atoms with Crippen molar-refractivity contribution in [1.29, 1.82) is 0 Å². The average molecular weight is 452 g/mol. The lowest BCUT2D eigenvalue weighted by Crippen LogP contribution is -2.42. The van der Waals surface area contributed by atoms with Gasteiger partial charge in [-0.2, -0.15) is 0 Å². The maximum absolute atomic E-state index is 12.3. The number of halogens is 2. The van der Waals surface area contributed by atoms with Crippen molar-refractivity contribution in [2.75, 3.05) is 0 Å². The molecular formula is C13H12BrClN4O5S. The molecule has 2 aromatic rings. The number of nitro benzene ring substituents is 1. The Kier molecular flexibility index (Phi) is 5.52. The molecule has 0 aliphatic rings. The van der Waals surface area contributed by atoms with E-state index in [9.17, 15) is 23.3 Å². The minimum atomic E-state index is -4.26. The summed E-state index contributed by atoms with van der Waals surface area (Å²) in [5, 5.41) is 10.9. The predicted molar refractivity (Wildman–Crippen MR) is 93.7 cm³/mol. The summed E-state index contributed by atoms with van der Waals surface area (Å²) < 4.78 is 26.7. The summed E-state index contributed by atoms with van der Waals surface area (Å²) >= 11 is 9.06. The van der Waals surface area contributed by atoms with Crippen molar-refractivity contribution in [2.24, 2.45) is 7.05 Å². The fourth-order valence-corrected chi connectivity index (χ4v) is 3.66. The molecule has 0 saturated carbocycles. The van der Waals surface area contributed by atoms with Crippen LogP contribution in [0.2, 0.25) is 5.02 Å². The molecule has 2 N–H and O–H groups in total. The Labute approximate surface area is 156 Å². The molecule has 0 spiro atoms. The average Bonchev–Trinajstić information content (AvgIpc) is 2.85. The Bertz CT molecular complexity index is 973. The number of hydrazine groups is 1. The smallest absolute Gasteiger partial charge is 0.282 e. The van der Waals surface area contributed by atoms with Gasteiger partial charge in [0.15, 0.2) is 0 Å². The molecule has 1 aromatic carbocycles. The van der Waals surface area contributed by atoms with Crippen LogP contribution in [0.5, 0.6) is 0 Å². The normalized spacial score (nSPS) is 11.4. The fraction of sp³-hybridized carbons (Fsp3) is 0.154. The topological polar surface area (TPSA) is 123 Å².